The Hall–Kier alpha value is -3.13. The molecule has 8 heteroatoms. The minimum absolute atomic E-state index is 0.0957. The molecule has 0 unspecified atom stereocenters. The minimum Gasteiger partial charge on any atom is -0.334 e. The van der Waals surface area contributed by atoms with E-state index in [0.29, 0.717) is 12.3 Å². The monoisotopic (exact) mass is 451 g/mol. The smallest absolute Gasteiger partial charge is 0.321 e. The number of benzene rings is 2. The summed E-state index contributed by atoms with van der Waals surface area (Å²) in [6.45, 7) is 6.92. The van der Waals surface area contributed by atoms with Gasteiger partial charge in [-0.05, 0) is 16.5 Å². The SMILES string of the molecule is Cn1c(SCCC(=O)NC(=O)NCc2ccccc2)nnc1-c1ccc(C(C)(C)C)cc1. The Morgan fingerprint density at radius 3 is 2.34 bits per heavy atom. The molecule has 0 saturated carbocycles. The second kappa shape index (κ2) is 10.5. The third-order valence-corrected chi connectivity index (χ3v) is 5.98. The topological polar surface area (TPSA) is 88.9 Å². The van der Waals surface area contributed by atoms with Crippen LogP contribution in [-0.2, 0) is 23.8 Å². The third kappa shape index (κ3) is 6.43. The fourth-order valence-electron chi connectivity index (χ4n) is 3.06. The molecule has 0 aliphatic heterocycles. The van der Waals surface area contributed by atoms with E-state index in [0.717, 1.165) is 22.1 Å². The molecule has 0 fully saturated rings. The number of imide groups is 1. The van der Waals surface area contributed by atoms with Crippen molar-refractivity contribution in [1.82, 2.24) is 25.4 Å². The van der Waals surface area contributed by atoms with Gasteiger partial charge in [0.1, 0.15) is 0 Å². The number of carbonyl (C=O) groups is 2. The van der Waals surface area contributed by atoms with Gasteiger partial charge in [-0.3, -0.25) is 10.1 Å². The molecule has 2 N–H and O–H groups in total. The highest BCUT2D eigenvalue weighted by Crippen LogP contribution is 2.27. The molecule has 0 bridgehead atoms. The van der Waals surface area contributed by atoms with Crippen molar-refractivity contribution in [3.05, 3.63) is 65.7 Å². The average Bonchev–Trinajstić information content (AvgIpc) is 3.13. The van der Waals surface area contributed by atoms with E-state index in [4.69, 9.17) is 0 Å². The Morgan fingerprint density at radius 2 is 1.69 bits per heavy atom. The van der Waals surface area contributed by atoms with Gasteiger partial charge in [0.05, 0.1) is 0 Å². The molecule has 0 spiro atoms. The largest absolute Gasteiger partial charge is 0.334 e. The zero-order valence-corrected chi connectivity index (χ0v) is 19.7. The summed E-state index contributed by atoms with van der Waals surface area (Å²) in [6.07, 6.45) is 0.200. The maximum absolute atomic E-state index is 12.1. The third-order valence-electron chi connectivity index (χ3n) is 4.95. The molecule has 32 heavy (non-hydrogen) atoms. The molecule has 7 nitrogen and oxygen atoms in total. The number of nitrogens with zero attached hydrogens (tertiary/aromatic N) is 3. The fraction of sp³-hybridized carbons (Fsp3) is 0.333. The van der Waals surface area contributed by atoms with Gasteiger partial charge in [0.15, 0.2) is 11.0 Å². The Labute approximate surface area is 193 Å². The van der Waals surface area contributed by atoms with Crippen molar-refractivity contribution in [2.45, 2.75) is 44.3 Å². The molecule has 1 aromatic heterocycles. The molecular weight excluding hydrogens is 422 g/mol. The van der Waals surface area contributed by atoms with E-state index in [2.05, 4.69) is 65.9 Å². The van der Waals surface area contributed by atoms with Crippen LogP contribution in [0.15, 0.2) is 59.8 Å². The van der Waals surface area contributed by atoms with Crippen molar-refractivity contribution in [1.29, 1.82) is 0 Å². The summed E-state index contributed by atoms with van der Waals surface area (Å²) >= 11 is 1.43. The van der Waals surface area contributed by atoms with Crippen LogP contribution in [-0.4, -0.2) is 32.5 Å². The first-order valence-corrected chi connectivity index (χ1v) is 11.5. The molecule has 3 aromatic rings. The Kier molecular flexibility index (Phi) is 7.69. The van der Waals surface area contributed by atoms with Crippen molar-refractivity contribution in [2.24, 2.45) is 7.05 Å². The number of thioether (sulfide) groups is 1. The van der Waals surface area contributed by atoms with E-state index in [9.17, 15) is 9.59 Å². The van der Waals surface area contributed by atoms with E-state index in [1.54, 1.807) is 0 Å². The van der Waals surface area contributed by atoms with Gasteiger partial charge in [0.25, 0.3) is 0 Å². The minimum atomic E-state index is -0.497. The summed E-state index contributed by atoms with van der Waals surface area (Å²) in [4.78, 5) is 23.9. The number of urea groups is 1. The highest BCUT2D eigenvalue weighted by molar-refractivity contribution is 7.99. The molecule has 0 atom stereocenters. The molecule has 1 heterocycles. The summed E-state index contributed by atoms with van der Waals surface area (Å²) in [5.74, 6) is 0.938. The molecule has 3 amide bonds. The van der Waals surface area contributed by atoms with Gasteiger partial charge in [-0.1, -0.05) is 87.1 Å². The first kappa shape index (κ1) is 23.5. The highest BCUT2D eigenvalue weighted by atomic mass is 32.2. The number of hydrogen-bond acceptors (Lipinski definition) is 5. The number of nitrogens with one attached hydrogen (secondary N) is 2. The maximum atomic E-state index is 12.1. The lowest BCUT2D eigenvalue weighted by atomic mass is 9.87. The first-order chi connectivity index (χ1) is 15.2. The first-order valence-electron chi connectivity index (χ1n) is 10.5. The van der Waals surface area contributed by atoms with Gasteiger partial charge >= 0.3 is 6.03 Å². The second-order valence-electron chi connectivity index (χ2n) is 8.51. The van der Waals surface area contributed by atoms with Crippen LogP contribution in [0.1, 0.15) is 38.3 Å². The van der Waals surface area contributed by atoms with E-state index in [-0.39, 0.29) is 17.7 Å². The van der Waals surface area contributed by atoms with Crippen LogP contribution >= 0.6 is 11.8 Å². The number of aromatic nitrogens is 3. The summed E-state index contributed by atoms with van der Waals surface area (Å²) in [5, 5.41) is 14.3. The molecule has 0 aliphatic rings. The van der Waals surface area contributed by atoms with Gasteiger partial charge in [-0.2, -0.15) is 0 Å². The van der Waals surface area contributed by atoms with Crippen molar-refractivity contribution >= 4 is 23.7 Å². The zero-order valence-electron chi connectivity index (χ0n) is 18.9. The molecule has 2 aromatic carbocycles. The normalized spacial score (nSPS) is 11.2. The van der Waals surface area contributed by atoms with Crippen LogP contribution in [0.3, 0.4) is 0 Å². The second-order valence-corrected chi connectivity index (χ2v) is 9.57. The number of carbonyl (C=O) groups excluding carboxylic acids is 2. The van der Waals surface area contributed by atoms with Crippen molar-refractivity contribution in [3.63, 3.8) is 0 Å². The summed E-state index contributed by atoms with van der Waals surface area (Å²) in [7, 11) is 1.91. The fourth-order valence-corrected chi connectivity index (χ4v) is 3.91. The van der Waals surface area contributed by atoms with E-state index < -0.39 is 6.03 Å². The van der Waals surface area contributed by atoms with Crippen molar-refractivity contribution < 1.29 is 9.59 Å². The molecular formula is C24H29N5O2S. The van der Waals surface area contributed by atoms with E-state index in [1.807, 2.05) is 41.9 Å². The van der Waals surface area contributed by atoms with Gasteiger partial charge < -0.3 is 9.88 Å². The Bertz CT molecular complexity index is 1060. The lowest BCUT2D eigenvalue weighted by molar-refractivity contribution is -0.119. The van der Waals surface area contributed by atoms with Gasteiger partial charge in [-0.25, -0.2) is 4.79 Å². The molecule has 3 rings (SSSR count). The Balaban J connectivity index is 1.46. The number of amides is 3. The van der Waals surface area contributed by atoms with Crippen LogP contribution in [0.5, 0.6) is 0 Å². The summed E-state index contributed by atoms with van der Waals surface area (Å²) < 4.78 is 1.92. The van der Waals surface area contributed by atoms with Crippen LogP contribution in [0.2, 0.25) is 0 Å². The van der Waals surface area contributed by atoms with Crippen molar-refractivity contribution in [3.8, 4) is 11.4 Å². The standard InChI is InChI=1S/C24H29N5O2S/c1-24(2,3)19-12-10-18(11-13-19)21-27-28-23(29(21)4)32-15-14-20(30)26-22(31)25-16-17-8-6-5-7-9-17/h5-13H,14-16H2,1-4H3,(H2,25,26,30,31). The van der Waals surface area contributed by atoms with Crippen molar-refractivity contribution in [2.75, 3.05) is 5.75 Å². The molecule has 0 aliphatic carbocycles. The lowest BCUT2D eigenvalue weighted by Gasteiger charge is -2.19. The summed E-state index contributed by atoms with van der Waals surface area (Å²) in [6, 6.07) is 17.4. The highest BCUT2D eigenvalue weighted by Gasteiger charge is 2.16. The summed E-state index contributed by atoms with van der Waals surface area (Å²) in [5.41, 5.74) is 3.32. The molecule has 168 valence electrons. The number of hydrogen-bond donors (Lipinski definition) is 2. The van der Waals surface area contributed by atoms with Crippen LogP contribution in [0.4, 0.5) is 4.79 Å². The number of rotatable bonds is 7. The predicted octanol–water partition coefficient (Wildman–Crippen LogP) is 4.29. The molecule has 0 saturated heterocycles. The van der Waals surface area contributed by atoms with E-state index >= 15 is 0 Å². The van der Waals surface area contributed by atoms with Gasteiger partial charge in [0.2, 0.25) is 5.91 Å². The van der Waals surface area contributed by atoms with Gasteiger partial charge in [0, 0.05) is 31.3 Å². The van der Waals surface area contributed by atoms with Gasteiger partial charge in [-0.15, -0.1) is 10.2 Å². The predicted molar refractivity (Wildman–Crippen MR) is 127 cm³/mol. The quantitative estimate of drug-likeness (QED) is 0.523. The average molecular weight is 452 g/mol. The Morgan fingerprint density at radius 1 is 1.00 bits per heavy atom. The van der Waals surface area contributed by atoms with Crippen LogP contribution < -0.4 is 10.6 Å². The maximum Gasteiger partial charge on any atom is 0.321 e. The van der Waals surface area contributed by atoms with Crippen LogP contribution in [0.25, 0.3) is 11.4 Å². The van der Waals surface area contributed by atoms with E-state index in [1.165, 1.54) is 17.3 Å². The van der Waals surface area contributed by atoms with Crippen LogP contribution in [0, 0.1) is 0 Å². The zero-order chi connectivity index (χ0) is 23.1. The molecule has 0 radical (unpaired) electrons. The lowest BCUT2D eigenvalue weighted by Crippen LogP contribution is -2.39.